The van der Waals surface area contributed by atoms with E-state index in [2.05, 4.69) is 31.2 Å². The highest BCUT2D eigenvalue weighted by atomic mass is 31.2. The molecule has 0 heterocycles. The van der Waals surface area contributed by atoms with Crippen LogP contribution in [0.2, 0.25) is 0 Å². The maximum atomic E-state index is 6.03. The van der Waals surface area contributed by atoms with E-state index >= 15 is 0 Å². The molecule has 0 saturated heterocycles. The fraction of sp³-hybridized carbons (Fsp3) is 0.625. The lowest BCUT2D eigenvalue weighted by molar-refractivity contribution is 0.147. The molecule has 0 saturated carbocycles. The minimum absolute atomic E-state index is 0.514. The number of hydrogen-bond donors (Lipinski definition) is 0. The van der Waals surface area contributed by atoms with Crippen LogP contribution in [0, 0.1) is 0 Å². The van der Waals surface area contributed by atoms with Crippen molar-refractivity contribution in [1.29, 1.82) is 0 Å². The summed E-state index contributed by atoms with van der Waals surface area (Å²) in [7, 11) is -1.35. The summed E-state index contributed by atoms with van der Waals surface area (Å²) in [5.74, 6) is 0. The summed E-state index contributed by atoms with van der Waals surface area (Å²) < 4.78 is 18.0. The first-order valence-corrected chi connectivity index (χ1v) is 15.7. The molecule has 0 aromatic heterocycles. The van der Waals surface area contributed by atoms with Gasteiger partial charge in [-0.25, -0.2) is 0 Å². The van der Waals surface area contributed by atoms with Crippen LogP contribution in [0.5, 0.6) is 0 Å². The second-order valence-corrected chi connectivity index (χ2v) is 11.1. The molecule has 0 spiro atoms. The van der Waals surface area contributed by atoms with Crippen molar-refractivity contribution in [3.8, 4) is 0 Å². The third-order valence-corrected chi connectivity index (χ3v) is 7.63. The highest BCUT2D eigenvalue weighted by molar-refractivity contribution is 7.41. The molecule has 0 aliphatic heterocycles. The third kappa shape index (κ3) is 17.2. The Morgan fingerprint density at radius 2 is 0.806 bits per heavy atom. The third-order valence-electron chi connectivity index (χ3n) is 6.55. The van der Waals surface area contributed by atoms with Crippen LogP contribution in [0.4, 0.5) is 0 Å². The SMILES string of the molecule is CCCCCCCCCCCCCCCCCCOP(OCc1ccccc1)OCc1ccccc1. The first kappa shape index (κ1) is 31.0. The molecule has 2 aromatic carbocycles. The summed E-state index contributed by atoms with van der Waals surface area (Å²) in [6.07, 6.45) is 22.0. The quantitative estimate of drug-likeness (QED) is 0.103. The highest BCUT2D eigenvalue weighted by Crippen LogP contribution is 2.41. The van der Waals surface area contributed by atoms with E-state index < -0.39 is 8.60 Å². The Balaban J connectivity index is 1.45. The van der Waals surface area contributed by atoms with Gasteiger partial charge in [0.25, 0.3) is 0 Å². The molecule has 0 N–H and O–H groups in total. The number of rotatable bonds is 24. The molecule has 4 heteroatoms. The van der Waals surface area contributed by atoms with Gasteiger partial charge in [0.15, 0.2) is 0 Å². The summed E-state index contributed by atoms with van der Waals surface area (Å²) in [4.78, 5) is 0. The standard InChI is InChI=1S/C32H51O3P/c1-2-3-4-5-6-7-8-9-10-11-12-13-14-15-16-23-28-33-36(34-29-31-24-19-17-20-25-31)35-30-32-26-21-18-22-27-32/h17-22,24-27H,2-16,23,28-30H2,1H3. The van der Waals surface area contributed by atoms with Crippen LogP contribution in [0.1, 0.15) is 121 Å². The fourth-order valence-electron chi connectivity index (χ4n) is 4.30. The smallest absolute Gasteiger partial charge is 0.312 e. The van der Waals surface area contributed by atoms with Crippen molar-refractivity contribution < 1.29 is 13.6 Å². The van der Waals surface area contributed by atoms with Crippen LogP contribution in [0.15, 0.2) is 60.7 Å². The lowest BCUT2D eigenvalue weighted by Gasteiger charge is -2.17. The topological polar surface area (TPSA) is 27.7 Å². The fourth-order valence-corrected chi connectivity index (χ4v) is 5.31. The summed E-state index contributed by atoms with van der Waals surface area (Å²) >= 11 is 0. The van der Waals surface area contributed by atoms with Crippen molar-refractivity contribution >= 4 is 8.60 Å². The van der Waals surface area contributed by atoms with E-state index in [9.17, 15) is 0 Å². The summed E-state index contributed by atoms with van der Waals surface area (Å²) in [6.45, 7) is 4.02. The first-order chi connectivity index (χ1) is 17.9. The van der Waals surface area contributed by atoms with Crippen LogP contribution < -0.4 is 0 Å². The van der Waals surface area contributed by atoms with Crippen molar-refractivity contribution in [3.05, 3.63) is 71.8 Å². The Morgan fingerprint density at radius 3 is 1.19 bits per heavy atom. The maximum absolute atomic E-state index is 6.03. The molecule has 0 unspecified atom stereocenters. The predicted molar refractivity (Wildman–Crippen MR) is 155 cm³/mol. The average Bonchev–Trinajstić information content (AvgIpc) is 2.92. The summed E-state index contributed by atoms with van der Waals surface area (Å²) in [5, 5.41) is 0. The van der Waals surface area contributed by atoms with E-state index in [1.807, 2.05) is 36.4 Å². The van der Waals surface area contributed by atoms with Gasteiger partial charge >= 0.3 is 8.60 Å². The Bertz CT molecular complexity index is 666. The lowest BCUT2D eigenvalue weighted by Crippen LogP contribution is -1.99. The van der Waals surface area contributed by atoms with Gasteiger partial charge in [-0.15, -0.1) is 0 Å². The Morgan fingerprint density at radius 1 is 0.444 bits per heavy atom. The minimum atomic E-state index is -1.35. The van der Waals surface area contributed by atoms with Crippen molar-refractivity contribution in [2.75, 3.05) is 6.61 Å². The van der Waals surface area contributed by atoms with Gasteiger partial charge in [-0.3, -0.25) is 0 Å². The molecule has 0 atom stereocenters. The van der Waals surface area contributed by atoms with Gasteiger partial charge in [0, 0.05) is 0 Å². The number of unbranched alkanes of at least 4 members (excludes halogenated alkanes) is 15. The van der Waals surface area contributed by atoms with E-state index in [1.54, 1.807) is 0 Å². The minimum Gasteiger partial charge on any atom is -0.312 e. The van der Waals surface area contributed by atoms with Gasteiger partial charge in [-0.05, 0) is 17.5 Å². The van der Waals surface area contributed by atoms with Crippen molar-refractivity contribution in [2.24, 2.45) is 0 Å². The van der Waals surface area contributed by atoms with E-state index in [4.69, 9.17) is 13.6 Å². The van der Waals surface area contributed by atoms with E-state index in [0.717, 1.165) is 17.5 Å². The summed E-state index contributed by atoms with van der Waals surface area (Å²) in [6, 6.07) is 20.4. The zero-order valence-electron chi connectivity index (χ0n) is 22.9. The highest BCUT2D eigenvalue weighted by Gasteiger charge is 2.13. The van der Waals surface area contributed by atoms with Crippen LogP contribution >= 0.6 is 8.60 Å². The van der Waals surface area contributed by atoms with E-state index in [1.165, 1.54) is 96.3 Å². The summed E-state index contributed by atoms with van der Waals surface area (Å²) in [5.41, 5.74) is 2.28. The lowest BCUT2D eigenvalue weighted by atomic mass is 10.0. The zero-order chi connectivity index (χ0) is 25.4. The van der Waals surface area contributed by atoms with Crippen LogP contribution in [-0.4, -0.2) is 6.61 Å². The molecule has 202 valence electrons. The van der Waals surface area contributed by atoms with Crippen LogP contribution in [0.25, 0.3) is 0 Å². The molecule has 0 bridgehead atoms. The van der Waals surface area contributed by atoms with Crippen LogP contribution in [0.3, 0.4) is 0 Å². The molecule has 0 aliphatic carbocycles. The van der Waals surface area contributed by atoms with Crippen LogP contribution in [-0.2, 0) is 26.8 Å². The number of benzene rings is 2. The number of hydrogen-bond acceptors (Lipinski definition) is 3. The second kappa shape index (κ2) is 22.9. The van der Waals surface area contributed by atoms with Gasteiger partial charge in [0.1, 0.15) is 0 Å². The predicted octanol–water partition coefficient (Wildman–Crippen LogP) is 10.9. The molecular weight excluding hydrogens is 463 g/mol. The largest absolute Gasteiger partial charge is 0.333 e. The van der Waals surface area contributed by atoms with Gasteiger partial charge in [-0.1, -0.05) is 164 Å². The first-order valence-electron chi connectivity index (χ1n) is 14.6. The van der Waals surface area contributed by atoms with E-state index in [0.29, 0.717) is 19.8 Å². The molecule has 3 nitrogen and oxygen atoms in total. The molecule has 2 aromatic rings. The monoisotopic (exact) mass is 514 g/mol. The second-order valence-electron chi connectivity index (χ2n) is 9.88. The maximum Gasteiger partial charge on any atom is 0.333 e. The molecular formula is C32H51O3P. The van der Waals surface area contributed by atoms with Crippen molar-refractivity contribution in [2.45, 2.75) is 123 Å². The van der Waals surface area contributed by atoms with Gasteiger partial charge in [-0.2, -0.15) is 0 Å². The van der Waals surface area contributed by atoms with Crippen molar-refractivity contribution in [3.63, 3.8) is 0 Å². The Labute approximate surface area is 223 Å². The molecule has 36 heavy (non-hydrogen) atoms. The van der Waals surface area contributed by atoms with Crippen molar-refractivity contribution in [1.82, 2.24) is 0 Å². The van der Waals surface area contributed by atoms with Gasteiger partial charge in [0.05, 0.1) is 19.8 Å². The Kier molecular flexibility index (Phi) is 19.7. The molecule has 0 fully saturated rings. The normalized spacial score (nSPS) is 11.4. The average molecular weight is 515 g/mol. The van der Waals surface area contributed by atoms with Gasteiger partial charge in [0.2, 0.25) is 0 Å². The zero-order valence-corrected chi connectivity index (χ0v) is 23.8. The molecule has 0 aliphatic rings. The van der Waals surface area contributed by atoms with Gasteiger partial charge < -0.3 is 13.6 Å². The molecule has 0 amide bonds. The van der Waals surface area contributed by atoms with E-state index in [-0.39, 0.29) is 0 Å². The molecule has 0 radical (unpaired) electrons. The molecule has 2 rings (SSSR count). The Hall–Kier alpha value is -1.25.